The van der Waals surface area contributed by atoms with Gasteiger partial charge < -0.3 is 5.73 Å². The van der Waals surface area contributed by atoms with Crippen LogP contribution in [0, 0.1) is 0 Å². The lowest BCUT2D eigenvalue weighted by Gasteiger charge is -2.01. The van der Waals surface area contributed by atoms with Gasteiger partial charge in [-0.25, -0.2) is 0 Å². The summed E-state index contributed by atoms with van der Waals surface area (Å²) in [4.78, 5) is 0. The molecule has 0 bridgehead atoms. The Bertz CT molecular complexity index is 299. The molecule has 3 heteroatoms. The molecule has 0 radical (unpaired) electrons. The highest BCUT2D eigenvalue weighted by molar-refractivity contribution is 5.32. The van der Waals surface area contributed by atoms with E-state index in [0.29, 0.717) is 0 Å². The van der Waals surface area contributed by atoms with Crippen molar-refractivity contribution in [2.45, 2.75) is 32.2 Å². The van der Waals surface area contributed by atoms with Crippen LogP contribution in [-0.4, -0.2) is 9.78 Å². The zero-order valence-corrected chi connectivity index (χ0v) is 7.67. The van der Waals surface area contributed by atoms with Gasteiger partial charge in [-0.2, -0.15) is 5.10 Å². The van der Waals surface area contributed by atoms with Crippen molar-refractivity contribution in [1.82, 2.24) is 9.78 Å². The minimum atomic E-state index is 0.0815. The molecule has 1 aromatic heterocycles. The lowest BCUT2D eigenvalue weighted by atomic mass is 10.1. The molecule has 1 aliphatic carbocycles. The molecule has 0 fully saturated rings. The van der Waals surface area contributed by atoms with Crippen LogP contribution in [0.5, 0.6) is 0 Å². The Balaban J connectivity index is 2.51. The lowest BCUT2D eigenvalue weighted by molar-refractivity contribution is 0.661. The number of hydrogen-bond donors (Lipinski definition) is 1. The molecule has 0 saturated heterocycles. The summed E-state index contributed by atoms with van der Waals surface area (Å²) < 4.78 is 1.99. The third-order valence-electron chi connectivity index (χ3n) is 2.58. The summed E-state index contributed by atoms with van der Waals surface area (Å²) in [5.41, 5.74) is 9.73. The van der Waals surface area contributed by atoms with Gasteiger partial charge in [-0.3, -0.25) is 4.68 Å². The highest BCUT2D eigenvalue weighted by atomic mass is 15.3. The Morgan fingerprint density at radius 1 is 1.50 bits per heavy atom. The van der Waals surface area contributed by atoms with Gasteiger partial charge >= 0.3 is 0 Å². The summed E-state index contributed by atoms with van der Waals surface area (Å²) in [6, 6.07) is 0.0815. The van der Waals surface area contributed by atoms with Crippen molar-refractivity contribution >= 4 is 0 Å². The smallest absolute Gasteiger partial charge is 0.0823 e. The number of aromatic nitrogens is 2. The maximum atomic E-state index is 5.82. The van der Waals surface area contributed by atoms with Crippen LogP contribution in [0.4, 0.5) is 0 Å². The van der Waals surface area contributed by atoms with E-state index in [1.54, 1.807) is 0 Å². The first-order chi connectivity index (χ1) is 5.70. The zero-order valence-electron chi connectivity index (χ0n) is 7.67. The summed E-state index contributed by atoms with van der Waals surface area (Å²) >= 11 is 0. The molecule has 1 aromatic rings. The maximum absolute atomic E-state index is 5.82. The summed E-state index contributed by atoms with van der Waals surface area (Å²) in [7, 11) is 2.01. The standard InChI is InChI=1S/C9H15N3/c1-6(10)9-7-4-3-5-8(7)12(2)11-9/h6H,3-5,10H2,1-2H3. The first-order valence-corrected chi connectivity index (χ1v) is 4.50. The average Bonchev–Trinajstić information content (AvgIpc) is 2.53. The SMILES string of the molecule is CC(N)c1nn(C)c2c1CCC2. The molecule has 1 unspecified atom stereocenters. The van der Waals surface area contributed by atoms with Crippen molar-refractivity contribution in [1.29, 1.82) is 0 Å². The van der Waals surface area contributed by atoms with Crippen molar-refractivity contribution < 1.29 is 0 Å². The van der Waals surface area contributed by atoms with E-state index in [9.17, 15) is 0 Å². The molecule has 2 N–H and O–H groups in total. The Kier molecular flexibility index (Phi) is 1.68. The molecule has 2 rings (SSSR count). The van der Waals surface area contributed by atoms with Crippen LogP contribution in [0.3, 0.4) is 0 Å². The highest BCUT2D eigenvalue weighted by Crippen LogP contribution is 2.27. The van der Waals surface area contributed by atoms with Crippen LogP contribution in [-0.2, 0) is 19.9 Å². The lowest BCUT2D eigenvalue weighted by Crippen LogP contribution is -2.08. The van der Waals surface area contributed by atoms with Gasteiger partial charge in [-0.15, -0.1) is 0 Å². The van der Waals surface area contributed by atoms with Gasteiger partial charge in [-0.1, -0.05) is 0 Å². The minimum Gasteiger partial charge on any atom is -0.323 e. The fourth-order valence-electron chi connectivity index (χ4n) is 2.01. The minimum absolute atomic E-state index is 0.0815. The molecular formula is C9H15N3. The maximum Gasteiger partial charge on any atom is 0.0823 e. The van der Waals surface area contributed by atoms with Crippen LogP contribution >= 0.6 is 0 Å². The second-order valence-electron chi connectivity index (χ2n) is 3.58. The molecule has 66 valence electrons. The summed E-state index contributed by atoms with van der Waals surface area (Å²) in [6.45, 7) is 2.00. The molecule has 0 amide bonds. The van der Waals surface area contributed by atoms with Crippen molar-refractivity contribution in [2.24, 2.45) is 12.8 Å². The number of fused-ring (bicyclic) bond motifs is 1. The Hall–Kier alpha value is -0.830. The van der Waals surface area contributed by atoms with E-state index in [-0.39, 0.29) is 6.04 Å². The van der Waals surface area contributed by atoms with Gasteiger partial charge in [0.25, 0.3) is 0 Å². The van der Waals surface area contributed by atoms with E-state index in [1.165, 1.54) is 30.5 Å². The molecule has 0 spiro atoms. The van der Waals surface area contributed by atoms with Crippen LogP contribution in [0.2, 0.25) is 0 Å². The topological polar surface area (TPSA) is 43.8 Å². The zero-order chi connectivity index (χ0) is 8.72. The normalized spacial score (nSPS) is 17.9. The molecule has 0 aliphatic heterocycles. The van der Waals surface area contributed by atoms with E-state index in [2.05, 4.69) is 5.10 Å². The molecule has 0 saturated carbocycles. The van der Waals surface area contributed by atoms with E-state index >= 15 is 0 Å². The number of aryl methyl sites for hydroxylation is 1. The quantitative estimate of drug-likeness (QED) is 0.672. The highest BCUT2D eigenvalue weighted by Gasteiger charge is 2.22. The van der Waals surface area contributed by atoms with E-state index in [0.717, 1.165) is 5.69 Å². The van der Waals surface area contributed by atoms with Crippen LogP contribution in [0.25, 0.3) is 0 Å². The first kappa shape index (κ1) is 7.80. The molecule has 12 heavy (non-hydrogen) atoms. The van der Waals surface area contributed by atoms with Crippen molar-refractivity contribution in [2.75, 3.05) is 0 Å². The third-order valence-corrected chi connectivity index (χ3v) is 2.58. The van der Waals surface area contributed by atoms with E-state index < -0.39 is 0 Å². The van der Waals surface area contributed by atoms with Crippen molar-refractivity contribution in [3.63, 3.8) is 0 Å². The van der Waals surface area contributed by atoms with Gasteiger partial charge in [0, 0.05) is 18.8 Å². The summed E-state index contributed by atoms with van der Waals surface area (Å²) in [5.74, 6) is 0. The van der Waals surface area contributed by atoms with E-state index in [4.69, 9.17) is 5.73 Å². The van der Waals surface area contributed by atoms with Crippen molar-refractivity contribution in [3.05, 3.63) is 17.0 Å². The molecule has 0 aromatic carbocycles. The Morgan fingerprint density at radius 3 is 2.92 bits per heavy atom. The predicted octanol–water partition coefficient (Wildman–Crippen LogP) is 0.928. The van der Waals surface area contributed by atoms with Gasteiger partial charge in [0.15, 0.2) is 0 Å². The van der Waals surface area contributed by atoms with Crippen LogP contribution in [0.15, 0.2) is 0 Å². The monoisotopic (exact) mass is 165 g/mol. The molecule has 1 atom stereocenters. The predicted molar refractivity (Wildman–Crippen MR) is 47.8 cm³/mol. The van der Waals surface area contributed by atoms with Gasteiger partial charge in [0.1, 0.15) is 0 Å². The summed E-state index contributed by atoms with van der Waals surface area (Å²) in [5, 5.41) is 4.42. The Morgan fingerprint density at radius 2 is 2.25 bits per heavy atom. The number of nitrogens with two attached hydrogens (primary N) is 1. The summed E-state index contributed by atoms with van der Waals surface area (Å²) in [6.07, 6.45) is 3.60. The first-order valence-electron chi connectivity index (χ1n) is 4.50. The largest absolute Gasteiger partial charge is 0.323 e. The third kappa shape index (κ3) is 0.966. The van der Waals surface area contributed by atoms with Crippen molar-refractivity contribution in [3.8, 4) is 0 Å². The Labute approximate surface area is 72.6 Å². The van der Waals surface area contributed by atoms with Crippen LogP contribution in [0.1, 0.15) is 36.3 Å². The van der Waals surface area contributed by atoms with Gasteiger partial charge in [-0.05, 0) is 31.7 Å². The molecular weight excluding hydrogens is 150 g/mol. The number of hydrogen-bond acceptors (Lipinski definition) is 2. The fourth-order valence-corrected chi connectivity index (χ4v) is 2.01. The van der Waals surface area contributed by atoms with Gasteiger partial charge in [0.05, 0.1) is 5.69 Å². The molecule has 3 nitrogen and oxygen atoms in total. The number of nitrogens with zero attached hydrogens (tertiary/aromatic N) is 2. The molecule has 1 aliphatic rings. The van der Waals surface area contributed by atoms with Crippen LogP contribution < -0.4 is 5.73 Å². The average molecular weight is 165 g/mol. The molecule has 1 heterocycles. The van der Waals surface area contributed by atoms with Gasteiger partial charge in [0.2, 0.25) is 0 Å². The second-order valence-corrected chi connectivity index (χ2v) is 3.58. The second kappa shape index (κ2) is 2.59. The number of rotatable bonds is 1. The van der Waals surface area contributed by atoms with E-state index in [1.807, 2.05) is 18.7 Å². The fraction of sp³-hybridized carbons (Fsp3) is 0.667.